The van der Waals surface area contributed by atoms with E-state index in [0.717, 1.165) is 0 Å². The van der Waals surface area contributed by atoms with E-state index in [-0.39, 0.29) is 12.7 Å². The van der Waals surface area contributed by atoms with E-state index in [4.69, 9.17) is 21.1 Å². The Morgan fingerprint density at radius 2 is 1.88 bits per heavy atom. The molecule has 7 nitrogen and oxygen atoms in total. The minimum absolute atomic E-state index is 0.275. The summed E-state index contributed by atoms with van der Waals surface area (Å²) >= 11 is 5.97. The number of aromatic nitrogens is 1. The van der Waals surface area contributed by atoms with E-state index in [0.29, 0.717) is 42.6 Å². The topological polar surface area (TPSA) is 72.0 Å². The number of esters is 1. The Morgan fingerprint density at radius 1 is 1.24 bits per heavy atom. The van der Waals surface area contributed by atoms with Gasteiger partial charge < -0.3 is 19.3 Å². The van der Waals surface area contributed by atoms with Gasteiger partial charge in [0.15, 0.2) is 0 Å². The molecule has 25 heavy (non-hydrogen) atoms. The number of nitrogens with zero attached hydrogens (tertiary/aromatic N) is 3. The van der Waals surface area contributed by atoms with Crippen LogP contribution in [0.4, 0.5) is 10.6 Å². The number of rotatable bonds is 3. The van der Waals surface area contributed by atoms with Gasteiger partial charge in [-0.15, -0.1) is 0 Å². The quantitative estimate of drug-likeness (QED) is 0.763. The molecule has 0 bridgehead atoms. The predicted molar refractivity (Wildman–Crippen MR) is 95.2 cm³/mol. The fourth-order valence-electron chi connectivity index (χ4n) is 2.47. The van der Waals surface area contributed by atoms with Crippen molar-refractivity contribution < 1.29 is 19.1 Å². The highest BCUT2D eigenvalue weighted by molar-refractivity contribution is 6.30. The van der Waals surface area contributed by atoms with E-state index in [1.165, 1.54) is 6.20 Å². The second-order valence-electron chi connectivity index (χ2n) is 6.70. The third-order valence-electron chi connectivity index (χ3n) is 3.56. The van der Waals surface area contributed by atoms with Crippen LogP contribution in [0.15, 0.2) is 12.3 Å². The van der Waals surface area contributed by atoms with Crippen molar-refractivity contribution in [2.24, 2.45) is 0 Å². The molecule has 1 aromatic rings. The average Bonchev–Trinajstić information content (AvgIpc) is 2.53. The number of carbonyl (C=O) groups excluding carboxylic acids is 2. The largest absolute Gasteiger partial charge is 0.462 e. The van der Waals surface area contributed by atoms with Gasteiger partial charge in [-0.3, -0.25) is 0 Å². The molecule has 0 N–H and O–H groups in total. The molecule has 0 aliphatic carbocycles. The maximum atomic E-state index is 12.2. The summed E-state index contributed by atoms with van der Waals surface area (Å²) in [6.45, 7) is 9.59. The first-order valence-electron chi connectivity index (χ1n) is 8.27. The van der Waals surface area contributed by atoms with E-state index >= 15 is 0 Å². The van der Waals surface area contributed by atoms with Crippen LogP contribution in [0.2, 0.25) is 5.02 Å². The molecular formula is C17H24ClN3O4. The highest BCUT2D eigenvalue weighted by Crippen LogP contribution is 2.24. The minimum atomic E-state index is -0.525. The molecule has 0 unspecified atom stereocenters. The fraction of sp³-hybridized carbons (Fsp3) is 0.588. The number of ether oxygens (including phenoxy) is 2. The lowest BCUT2D eigenvalue weighted by atomic mass is 10.2. The molecule has 0 atom stereocenters. The van der Waals surface area contributed by atoms with E-state index in [1.54, 1.807) is 17.9 Å². The number of hydrogen-bond acceptors (Lipinski definition) is 6. The summed E-state index contributed by atoms with van der Waals surface area (Å²) in [7, 11) is 0. The van der Waals surface area contributed by atoms with Crippen LogP contribution in [-0.2, 0) is 9.47 Å². The first-order valence-corrected chi connectivity index (χ1v) is 8.64. The molecule has 1 aliphatic rings. The van der Waals surface area contributed by atoms with Crippen molar-refractivity contribution in [3.8, 4) is 0 Å². The summed E-state index contributed by atoms with van der Waals surface area (Å²) in [6, 6.07) is 1.56. The SMILES string of the molecule is CCOC(=O)c1cc(Cl)cnc1N1CCN(C(=O)OC(C)(C)C)CC1. The molecule has 1 amide bonds. The van der Waals surface area contributed by atoms with Crippen LogP contribution in [0.25, 0.3) is 0 Å². The number of hydrogen-bond donors (Lipinski definition) is 0. The van der Waals surface area contributed by atoms with Gasteiger partial charge in [-0.05, 0) is 33.8 Å². The van der Waals surface area contributed by atoms with Crippen molar-refractivity contribution >= 4 is 29.5 Å². The van der Waals surface area contributed by atoms with Crippen molar-refractivity contribution in [3.05, 3.63) is 22.8 Å². The number of halogens is 1. The lowest BCUT2D eigenvalue weighted by molar-refractivity contribution is 0.0239. The fourth-order valence-corrected chi connectivity index (χ4v) is 2.63. The molecule has 0 saturated carbocycles. The Hall–Kier alpha value is -2.02. The third kappa shape index (κ3) is 5.22. The second kappa shape index (κ2) is 7.91. The van der Waals surface area contributed by atoms with Crippen molar-refractivity contribution in [1.29, 1.82) is 0 Å². The molecule has 1 aliphatic heterocycles. The lowest BCUT2D eigenvalue weighted by Gasteiger charge is -2.36. The highest BCUT2D eigenvalue weighted by Gasteiger charge is 2.28. The molecule has 8 heteroatoms. The zero-order valence-corrected chi connectivity index (χ0v) is 15.8. The minimum Gasteiger partial charge on any atom is -0.462 e. The van der Waals surface area contributed by atoms with Crippen molar-refractivity contribution in [2.45, 2.75) is 33.3 Å². The van der Waals surface area contributed by atoms with E-state index < -0.39 is 11.6 Å². The molecule has 2 heterocycles. The highest BCUT2D eigenvalue weighted by atomic mass is 35.5. The standard InChI is InChI=1S/C17H24ClN3O4/c1-5-24-15(22)13-10-12(18)11-19-14(13)20-6-8-21(9-7-20)16(23)25-17(2,3)4/h10-11H,5-9H2,1-4H3. The van der Waals surface area contributed by atoms with Crippen molar-refractivity contribution in [3.63, 3.8) is 0 Å². The van der Waals surface area contributed by atoms with Gasteiger partial charge in [-0.1, -0.05) is 11.6 Å². The number of piperazine rings is 1. The van der Waals surface area contributed by atoms with Crippen LogP contribution >= 0.6 is 11.6 Å². The number of pyridine rings is 1. The van der Waals surface area contributed by atoms with Gasteiger partial charge in [-0.2, -0.15) is 0 Å². The summed E-state index contributed by atoms with van der Waals surface area (Å²) in [5.41, 5.74) is -0.191. The Kier molecular flexibility index (Phi) is 6.11. The van der Waals surface area contributed by atoms with E-state index in [1.807, 2.05) is 25.7 Å². The molecular weight excluding hydrogens is 346 g/mol. The first-order chi connectivity index (χ1) is 11.7. The van der Waals surface area contributed by atoms with Crippen molar-refractivity contribution in [2.75, 3.05) is 37.7 Å². The molecule has 0 aromatic carbocycles. The Labute approximate surface area is 152 Å². The molecule has 0 spiro atoms. The van der Waals surface area contributed by atoms with Gasteiger partial charge in [0.1, 0.15) is 17.0 Å². The van der Waals surface area contributed by atoms with E-state index in [2.05, 4.69) is 4.98 Å². The summed E-state index contributed by atoms with van der Waals surface area (Å²) in [5.74, 6) is 0.0637. The Morgan fingerprint density at radius 3 is 2.44 bits per heavy atom. The molecule has 138 valence electrons. The van der Waals surface area contributed by atoms with Crippen LogP contribution in [0, 0.1) is 0 Å². The monoisotopic (exact) mass is 369 g/mol. The summed E-state index contributed by atoms with van der Waals surface area (Å²) < 4.78 is 10.5. The number of carbonyl (C=O) groups is 2. The van der Waals surface area contributed by atoms with Gasteiger partial charge in [0, 0.05) is 32.4 Å². The summed E-state index contributed by atoms with van der Waals surface area (Å²) in [4.78, 5) is 32.2. The van der Waals surface area contributed by atoms with Crippen LogP contribution < -0.4 is 4.90 Å². The van der Waals surface area contributed by atoms with Gasteiger partial charge in [0.05, 0.1) is 11.6 Å². The smallest absolute Gasteiger partial charge is 0.410 e. The lowest BCUT2D eigenvalue weighted by Crippen LogP contribution is -2.50. The molecule has 1 fully saturated rings. The zero-order valence-electron chi connectivity index (χ0n) is 15.0. The Balaban J connectivity index is 2.08. The van der Waals surface area contributed by atoms with Crippen LogP contribution in [-0.4, -0.2) is 60.3 Å². The van der Waals surface area contributed by atoms with Crippen LogP contribution in [0.3, 0.4) is 0 Å². The first kappa shape index (κ1) is 19.3. The van der Waals surface area contributed by atoms with Gasteiger partial charge in [0.2, 0.25) is 0 Å². The van der Waals surface area contributed by atoms with Gasteiger partial charge in [0.25, 0.3) is 0 Å². The molecule has 1 aromatic heterocycles. The molecule has 2 rings (SSSR count). The van der Waals surface area contributed by atoms with E-state index in [9.17, 15) is 9.59 Å². The summed E-state index contributed by atoms with van der Waals surface area (Å²) in [6.07, 6.45) is 1.17. The second-order valence-corrected chi connectivity index (χ2v) is 7.14. The maximum absolute atomic E-state index is 12.2. The molecule has 0 radical (unpaired) electrons. The van der Waals surface area contributed by atoms with Crippen LogP contribution in [0.5, 0.6) is 0 Å². The Bertz CT molecular complexity index is 637. The maximum Gasteiger partial charge on any atom is 0.410 e. The predicted octanol–water partition coefficient (Wildman–Crippen LogP) is 2.97. The van der Waals surface area contributed by atoms with Gasteiger partial charge in [-0.25, -0.2) is 14.6 Å². The third-order valence-corrected chi connectivity index (χ3v) is 3.77. The normalized spacial score (nSPS) is 15.1. The van der Waals surface area contributed by atoms with Crippen molar-refractivity contribution in [1.82, 2.24) is 9.88 Å². The van der Waals surface area contributed by atoms with Crippen LogP contribution in [0.1, 0.15) is 38.1 Å². The summed E-state index contributed by atoms with van der Waals surface area (Å²) in [5, 5.41) is 0.374. The zero-order chi connectivity index (χ0) is 18.6. The number of amides is 1. The van der Waals surface area contributed by atoms with Gasteiger partial charge >= 0.3 is 12.1 Å². The molecule has 1 saturated heterocycles. The average molecular weight is 370 g/mol. The number of anilines is 1.